The summed E-state index contributed by atoms with van der Waals surface area (Å²) in [6.07, 6.45) is 2.08. The largest absolute Gasteiger partial charge is 0.475 e. The number of hydrogen-bond donors (Lipinski definition) is 1. The Morgan fingerprint density at radius 3 is 2.70 bits per heavy atom. The summed E-state index contributed by atoms with van der Waals surface area (Å²) in [6, 6.07) is 13.8. The van der Waals surface area contributed by atoms with Crippen LogP contribution in [0.5, 0.6) is 5.88 Å². The minimum absolute atomic E-state index is 0.116. The zero-order valence-electron chi connectivity index (χ0n) is 17.3. The van der Waals surface area contributed by atoms with Gasteiger partial charge in [0.05, 0.1) is 23.5 Å². The number of hydrogen-bond acceptors (Lipinski definition) is 7. The molecule has 10 heteroatoms. The molecule has 166 valence electrons. The molecule has 0 saturated heterocycles. The number of carbonyl (C=O) groups is 1. The third-order valence-corrected chi connectivity index (χ3v) is 6.63. The van der Waals surface area contributed by atoms with Crippen LogP contribution in [-0.4, -0.2) is 38.6 Å². The molecular weight excluding hydrogens is 461 g/mol. The molecular formula is C23H18FN5O2S2. The number of thiazole rings is 1. The maximum Gasteiger partial charge on any atom is 0.233 e. The first-order chi connectivity index (χ1) is 16.2. The van der Waals surface area contributed by atoms with Crippen molar-refractivity contribution >= 4 is 33.5 Å². The first-order valence-corrected chi connectivity index (χ1v) is 11.9. The highest BCUT2D eigenvalue weighted by molar-refractivity contribution is 7.15. The fraction of sp³-hybridized carbons (Fsp3) is 0.130. The molecule has 7 nitrogen and oxygen atoms in total. The summed E-state index contributed by atoms with van der Waals surface area (Å²) in [6.45, 7) is 0.642. The SMILES string of the molecule is O=C(Cc1csc2nc(-c3ccc(F)cc3)cn12)NCCOc1ccc(-c2cccs2)nn1. The molecule has 0 aliphatic heterocycles. The molecule has 0 unspecified atom stereocenters. The Kier molecular flexibility index (Phi) is 6.09. The van der Waals surface area contributed by atoms with Gasteiger partial charge in [0.2, 0.25) is 11.8 Å². The molecule has 0 fully saturated rings. The number of halogens is 1. The predicted octanol–water partition coefficient (Wildman–Crippen LogP) is 4.46. The smallest absolute Gasteiger partial charge is 0.233 e. The summed E-state index contributed by atoms with van der Waals surface area (Å²) in [5.41, 5.74) is 3.20. The van der Waals surface area contributed by atoms with E-state index in [0.29, 0.717) is 12.4 Å². The lowest BCUT2D eigenvalue weighted by Gasteiger charge is -2.07. The van der Waals surface area contributed by atoms with E-state index in [1.807, 2.05) is 39.6 Å². The van der Waals surface area contributed by atoms with Gasteiger partial charge in [-0.2, -0.15) is 0 Å². The van der Waals surface area contributed by atoms with E-state index in [1.165, 1.54) is 23.5 Å². The van der Waals surface area contributed by atoms with Gasteiger partial charge in [-0.3, -0.25) is 9.20 Å². The molecule has 33 heavy (non-hydrogen) atoms. The molecule has 1 aromatic carbocycles. The van der Waals surface area contributed by atoms with Crippen molar-refractivity contribution in [1.29, 1.82) is 0 Å². The summed E-state index contributed by atoms with van der Waals surface area (Å²) in [4.78, 5) is 18.8. The summed E-state index contributed by atoms with van der Waals surface area (Å²) in [5.74, 6) is 0.00819. The zero-order valence-corrected chi connectivity index (χ0v) is 18.9. The van der Waals surface area contributed by atoms with Gasteiger partial charge in [0, 0.05) is 28.9 Å². The molecule has 0 saturated carbocycles. The molecule has 5 aromatic rings. The Bertz CT molecular complexity index is 1360. The number of ether oxygens (including phenoxy) is 1. The van der Waals surface area contributed by atoms with Crippen LogP contribution in [0.3, 0.4) is 0 Å². The number of aromatic nitrogens is 4. The first kappa shape index (κ1) is 21.2. The Morgan fingerprint density at radius 2 is 1.94 bits per heavy atom. The monoisotopic (exact) mass is 479 g/mol. The third-order valence-electron chi connectivity index (χ3n) is 4.85. The number of fused-ring (bicyclic) bond motifs is 1. The van der Waals surface area contributed by atoms with Crippen molar-refractivity contribution in [2.45, 2.75) is 6.42 Å². The van der Waals surface area contributed by atoms with Crippen molar-refractivity contribution in [2.75, 3.05) is 13.2 Å². The lowest BCUT2D eigenvalue weighted by molar-refractivity contribution is -0.120. The quantitative estimate of drug-likeness (QED) is 0.333. The van der Waals surface area contributed by atoms with Crippen LogP contribution in [0, 0.1) is 5.82 Å². The topological polar surface area (TPSA) is 81.4 Å². The minimum Gasteiger partial charge on any atom is -0.475 e. The lowest BCUT2D eigenvalue weighted by Crippen LogP contribution is -2.29. The second-order valence-corrected chi connectivity index (χ2v) is 8.91. The van der Waals surface area contributed by atoms with Crippen molar-refractivity contribution in [3.05, 3.63) is 77.0 Å². The summed E-state index contributed by atoms with van der Waals surface area (Å²) < 4.78 is 20.6. The van der Waals surface area contributed by atoms with Gasteiger partial charge in [-0.25, -0.2) is 9.37 Å². The summed E-state index contributed by atoms with van der Waals surface area (Å²) >= 11 is 3.06. The number of nitrogens with one attached hydrogen (secondary N) is 1. The molecule has 4 heterocycles. The van der Waals surface area contributed by atoms with Crippen LogP contribution in [0.25, 0.3) is 26.8 Å². The van der Waals surface area contributed by atoms with E-state index >= 15 is 0 Å². The standard InChI is InChI=1S/C23H18FN5O2S2/c24-16-5-3-15(4-6-16)19-13-29-17(14-33-23(29)26-19)12-21(30)25-9-10-31-22-8-7-18(27-28-22)20-2-1-11-32-20/h1-8,11,13-14H,9-10,12H2,(H,25,30). The van der Waals surface area contributed by atoms with Gasteiger partial charge in [0.25, 0.3) is 0 Å². The Labute approximate surface area is 196 Å². The van der Waals surface area contributed by atoms with Crippen molar-refractivity contribution in [3.63, 3.8) is 0 Å². The first-order valence-electron chi connectivity index (χ1n) is 10.1. The summed E-state index contributed by atoms with van der Waals surface area (Å²) in [5, 5.41) is 15.0. The molecule has 0 spiro atoms. The average Bonchev–Trinajstić information content (AvgIpc) is 3.57. The van der Waals surface area contributed by atoms with Gasteiger partial charge in [0.1, 0.15) is 18.1 Å². The molecule has 1 N–H and O–H groups in total. The Morgan fingerprint density at radius 1 is 1.06 bits per heavy atom. The fourth-order valence-corrected chi connectivity index (χ4v) is 4.81. The van der Waals surface area contributed by atoms with E-state index in [9.17, 15) is 9.18 Å². The van der Waals surface area contributed by atoms with Gasteiger partial charge in [-0.15, -0.1) is 32.9 Å². The van der Waals surface area contributed by atoms with Gasteiger partial charge in [0.15, 0.2) is 4.96 Å². The van der Waals surface area contributed by atoms with E-state index in [4.69, 9.17) is 4.74 Å². The molecule has 5 rings (SSSR count). The molecule has 0 radical (unpaired) electrons. The second-order valence-electron chi connectivity index (χ2n) is 7.12. The van der Waals surface area contributed by atoms with Crippen LogP contribution < -0.4 is 10.1 Å². The molecule has 0 aliphatic carbocycles. The van der Waals surface area contributed by atoms with E-state index in [1.54, 1.807) is 29.5 Å². The highest BCUT2D eigenvalue weighted by Crippen LogP contribution is 2.24. The van der Waals surface area contributed by atoms with E-state index < -0.39 is 0 Å². The predicted molar refractivity (Wildman–Crippen MR) is 126 cm³/mol. The van der Waals surface area contributed by atoms with Crippen molar-refractivity contribution in [1.82, 2.24) is 24.9 Å². The maximum atomic E-state index is 13.2. The van der Waals surface area contributed by atoms with E-state index in [0.717, 1.165) is 32.5 Å². The fourth-order valence-electron chi connectivity index (χ4n) is 3.24. The number of benzene rings is 1. The summed E-state index contributed by atoms with van der Waals surface area (Å²) in [7, 11) is 0. The maximum absolute atomic E-state index is 13.2. The molecule has 0 atom stereocenters. The Balaban J connectivity index is 1.12. The van der Waals surface area contributed by atoms with Crippen molar-refractivity contribution in [3.8, 4) is 27.7 Å². The van der Waals surface area contributed by atoms with E-state index in [2.05, 4.69) is 20.5 Å². The van der Waals surface area contributed by atoms with Crippen LogP contribution in [0.4, 0.5) is 4.39 Å². The van der Waals surface area contributed by atoms with Crippen LogP contribution in [0.2, 0.25) is 0 Å². The molecule has 4 aromatic heterocycles. The number of imidazole rings is 1. The van der Waals surface area contributed by atoms with Crippen molar-refractivity contribution < 1.29 is 13.9 Å². The van der Waals surface area contributed by atoms with Crippen molar-refractivity contribution in [2.24, 2.45) is 0 Å². The number of carbonyl (C=O) groups excluding carboxylic acids is 1. The van der Waals surface area contributed by atoms with Crippen LogP contribution in [0.15, 0.2) is 65.5 Å². The highest BCUT2D eigenvalue weighted by Gasteiger charge is 2.13. The number of rotatable bonds is 8. The number of nitrogens with zero attached hydrogens (tertiary/aromatic N) is 4. The normalized spacial score (nSPS) is 11.1. The van der Waals surface area contributed by atoms with Crippen LogP contribution in [-0.2, 0) is 11.2 Å². The zero-order chi connectivity index (χ0) is 22.6. The molecule has 0 aliphatic rings. The number of thiophene rings is 1. The van der Waals surface area contributed by atoms with Crippen LogP contribution in [0.1, 0.15) is 5.69 Å². The minimum atomic E-state index is -0.288. The van der Waals surface area contributed by atoms with Gasteiger partial charge < -0.3 is 10.1 Å². The third kappa shape index (κ3) is 4.91. The second kappa shape index (κ2) is 9.47. The average molecular weight is 480 g/mol. The van der Waals surface area contributed by atoms with Crippen LogP contribution >= 0.6 is 22.7 Å². The molecule has 0 bridgehead atoms. The van der Waals surface area contributed by atoms with Gasteiger partial charge >= 0.3 is 0 Å². The highest BCUT2D eigenvalue weighted by atomic mass is 32.1. The van der Waals surface area contributed by atoms with Gasteiger partial charge in [-0.1, -0.05) is 6.07 Å². The Hall–Kier alpha value is -3.63. The molecule has 1 amide bonds. The van der Waals surface area contributed by atoms with Gasteiger partial charge in [-0.05, 0) is 41.8 Å². The van der Waals surface area contributed by atoms with E-state index in [-0.39, 0.29) is 24.8 Å². The lowest BCUT2D eigenvalue weighted by atomic mass is 10.2. The number of amides is 1.